The molecule has 2 aromatic rings. The first-order chi connectivity index (χ1) is 12.7. The lowest BCUT2D eigenvalue weighted by Gasteiger charge is -2.26. The van der Waals surface area contributed by atoms with Crippen molar-refractivity contribution in [3.63, 3.8) is 0 Å². The lowest BCUT2D eigenvalue weighted by atomic mass is 10.1. The number of ether oxygens (including phenoxy) is 1. The second-order valence-electron chi connectivity index (χ2n) is 6.43. The van der Waals surface area contributed by atoms with Gasteiger partial charge in [-0.25, -0.2) is 0 Å². The molecule has 0 radical (unpaired) electrons. The molecular formula is C21H24N2O3. The Hall–Kier alpha value is -2.82. The molecule has 0 aromatic heterocycles. The molecule has 1 aliphatic rings. The van der Waals surface area contributed by atoms with Crippen LogP contribution in [0, 0.1) is 0 Å². The first kappa shape index (κ1) is 18.0. The minimum absolute atomic E-state index is 0.00336. The van der Waals surface area contributed by atoms with Gasteiger partial charge in [0.05, 0.1) is 0 Å². The smallest absolute Gasteiger partial charge is 0.260 e. The van der Waals surface area contributed by atoms with E-state index in [0.717, 1.165) is 31.5 Å². The summed E-state index contributed by atoms with van der Waals surface area (Å²) in [4.78, 5) is 26.3. The van der Waals surface area contributed by atoms with Crippen LogP contribution < -0.4 is 10.1 Å². The Morgan fingerprint density at radius 1 is 0.962 bits per heavy atom. The molecule has 136 valence electrons. The predicted molar refractivity (Wildman–Crippen MR) is 100.0 cm³/mol. The second kappa shape index (κ2) is 9.04. The average Bonchev–Trinajstić information content (AvgIpc) is 2.72. The zero-order valence-corrected chi connectivity index (χ0v) is 14.8. The summed E-state index contributed by atoms with van der Waals surface area (Å²) in [7, 11) is 0. The number of rotatable bonds is 6. The number of amides is 2. The first-order valence-corrected chi connectivity index (χ1v) is 9.05. The topological polar surface area (TPSA) is 58.6 Å². The highest BCUT2D eigenvalue weighted by Crippen LogP contribution is 2.15. The molecule has 26 heavy (non-hydrogen) atoms. The van der Waals surface area contributed by atoms with Gasteiger partial charge < -0.3 is 15.0 Å². The van der Waals surface area contributed by atoms with Gasteiger partial charge in [0.2, 0.25) is 0 Å². The van der Waals surface area contributed by atoms with E-state index in [0.29, 0.717) is 17.9 Å². The Morgan fingerprint density at radius 2 is 1.73 bits per heavy atom. The number of likely N-dealkylation sites (tertiary alicyclic amines) is 1. The van der Waals surface area contributed by atoms with Gasteiger partial charge in [0.25, 0.3) is 11.8 Å². The van der Waals surface area contributed by atoms with E-state index >= 15 is 0 Å². The van der Waals surface area contributed by atoms with Crippen molar-refractivity contribution in [1.29, 1.82) is 0 Å². The van der Waals surface area contributed by atoms with Crippen LogP contribution in [0.15, 0.2) is 54.6 Å². The summed E-state index contributed by atoms with van der Waals surface area (Å²) in [5, 5.41) is 2.89. The van der Waals surface area contributed by atoms with Gasteiger partial charge in [-0.15, -0.1) is 0 Å². The third-order valence-corrected chi connectivity index (χ3v) is 4.46. The summed E-state index contributed by atoms with van der Waals surface area (Å²) in [6.07, 6.45) is 3.30. The second-order valence-corrected chi connectivity index (χ2v) is 6.43. The fourth-order valence-electron chi connectivity index (χ4n) is 2.99. The van der Waals surface area contributed by atoms with E-state index in [-0.39, 0.29) is 18.4 Å². The summed E-state index contributed by atoms with van der Waals surface area (Å²) < 4.78 is 5.60. The Bertz CT molecular complexity index is 740. The van der Waals surface area contributed by atoms with Gasteiger partial charge in [0.1, 0.15) is 5.75 Å². The quantitative estimate of drug-likeness (QED) is 0.869. The molecule has 1 aliphatic heterocycles. The van der Waals surface area contributed by atoms with Gasteiger partial charge in [-0.05, 0) is 43.0 Å². The van der Waals surface area contributed by atoms with Crippen molar-refractivity contribution in [3.8, 4) is 5.75 Å². The molecule has 1 N–H and O–H groups in total. The molecule has 1 fully saturated rings. The summed E-state index contributed by atoms with van der Waals surface area (Å²) >= 11 is 0. The Kier molecular flexibility index (Phi) is 6.25. The van der Waals surface area contributed by atoms with Crippen molar-refractivity contribution in [1.82, 2.24) is 10.2 Å². The highest BCUT2D eigenvalue weighted by atomic mass is 16.5. The highest BCUT2D eigenvalue weighted by Gasteiger charge is 2.17. The minimum Gasteiger partial charge on any atom is -0.484 e. The maximum Gasteiger partial charge on any atom is 0.260 e. The molecule has 5 heteroatoms. The van der Waals surface area contributed by atoms with Crippen LogP contribution in [0.1, 0.15) is 35.2 Å². The summed E-state index contributed by atoms with van der Waals surface area (Å²) in [6.45, 7) is 2.10. The maximum atomic E-state index is 12.3. The Morgan fingerprint density at radius 3 is 2.50 bits per heavy atom. The molecule has 1 heterocycles. The Balaban J connectivity index is 1.52. The van der Waals surface area contributed by atoms with E-state index in [1.165, 1.54) is 6.42 Å². The molecule has 2 aromatic carbocycles. The van der Waals surface area contributed by atoms with Gasteiger partial charge in [-0.1, -0.05) is 36.4 Å². The van der Waals surface area contributed by atoms with Crippen molar-refractivity contribution in [2.24, 2.45) is 0 Å². The molecule has 5 nitrogen and oxygen atoms in total. The fourth-order valence-corrected chi connectivity index (χ4v) is 2.99. The molecule has 3 rings (SSSR count). The summed E-state index contributed by atoms with van der Waals surface area (Å²) in [5.41, 5.74) is 1.56. The molecular weight excluding hydrogens is 328 g/mol. The maximum absolute atomic E-state index is 12.3. The standard InChI is InChI=1S/C21H24N2O3/c24-20(23-12-5-2-6-13-23)16-26-19-11-7-10-18(14-19)21(25)22-15-17-8-3-1-4-9-17/h1,3-4,7-11,14H,2,5-6,12-13,15-16H2,(H,22,25). The van der Waals surface area contributed by atoms with E-state index in [2.05, 4.69) is 5.32 Å². The number of piperidine rings is 1. The third-order valence-electron chi connectivity index (χ3n) is 4.46. The predicted octanol–water partition coefficient (Wildman–Crippen LogP) is 3.01. The highest BCUT2D eigenvalue weighted by molar-refractivity contribution is 5.94. The summed E-state index contributed by atoms with van der Waals surface area (Å²) in [6, 6.07) is 16.7. The number of hydrogen-bond acceptors (Lipinski definition) is 3. The molecule has 0 unspecified atom stereocenters. The monoisotopic (exact) mass is 352 g/mol. The van der Waals surface area contributed by atoms with E-state index in [4.69, 9.17) is 4.74 Å². The van der Waals surface area contributed by atoms with Crippen LogP contribution >= 0.6 is 0 Å². The number of carbonyl (C=O) groups is 2. The SMILES string of the molecule is O=C(NCc1ccccc1)c1cccc(OCC(=O)N2CCCCC2)c1. The molecule has 0 bridgehead atoms. The number of hydrogen-bond donors (Lipinski definition) is 1. The molecule has 0 spiro atoms. The van der Waals surface area contributed by atoms with Crippen LogP contribution in [-0.4, -0.2) is 36.4 Å². The van der Waals surface area contributed by atoms with Gasteiger partial charge in [-0.2, -0.15) is 0 Å². The van der Waals surface area contributed by atoms with E-state index < -0.39 is 0 Å². The largest absolute Gasteiger partial charge is 0.484 e. The van der Waals surface area contributed by atoms with Crippen LogP contribution in [0.2, 0.25) is 0 Å². The van der Waals surface area contributed by atoms with Gasteiger partial charge in [0, 0.05) is 25.2 Å². The van der Waals surface area contributed by atoms with Crippen LogP contribution in [0.4, 0.5) is 0 Å². The minimum atomic E-state index is -0.165. The number of benzene rings is 2. The fraction of sp³-hybridized carbons (Fsp3) is 0.333. The lowest BCUT2D eigenvalue weighted by Crippen LogP contribution is -2.38. The van der Waals surface area contributed by atoms with Gasteiger partial charge in [-0.3, -0.25) is 9.59 Å². The van der Waals surface area contributed by atoms with Gasteiger partial charge >= 0.3 is 0 Å². The average molecular weight is 352 g/mol. The van der Waals surface area contributed by atoms with Crippen LogP contribution in [-0.2, 0) is 11.3 Å². The number of carbonyl (C=O) groups excluding carboxylic acids is 2. The molecule has 1 saturated heterocycles. The molecule has 0 saturated carbocycles. The van der Waals surface area contributed by atoms with Crippen molar-refractivity contribution >= 4 is 11.8 Å². The van der Waals surface area contributed by atoms with Crippen molar-refractivity contribution < 1.29 is 14.3 Å². The van der Waals surface area contributed by atoms with Crippen molar-refractivity contribution in [3.05, 3.63) is 65.7 Å². The van der Waals surface area contributed by atoms with Crippen molar-refractivity contribution in [2.45, 2.75) is 25.8 Å². The van der Waals surface area contributed by atoms with Crippen molar-refractivity contribution in [2.75, 3.05) is 19.7 Å². The molecule has 0 atom stereocenters. The van der Waals surface area contributed by atoms with Crippen LogP contribution in [0.25, 0.3) is 0 Å². The molecule has 0 aliphatic carbocycles. The molecule has 2 amide bonds. The normalized spacial score (nSPS) is 13.9. The van der Waals surface area contributed by atoms with E-state index in [1.807, 2.05) is 35.2 Å². The van der Waals surface area contributed by atoms with Crippen LogP contribution in [0.3, 0.4) is 0 Å². The number of nitrogens with one attached hydrogen (secondary N) is 1. The zero-order valence-electron chi connectivity index (χ0n) is 14.8. The third kappa shape index (κ3) is 5.09. The van der Waals surface area contributed by atoms with E-state index in [1.54, 1.807) is 24.3 Å². The first-order valence-electron chi connectivity index (χ1n) is 9.05. The Labute approximate surface area is 154 Å². The van der Waals surface area contributed by atoms with Gasteiger partial charge in [0.15, 0.2) is 6.61 Å². The van der Waals surface area contributed by atoms with E-state index in [9.17, 15) is 9.59 Å². The van der Waals surface area contributed by atoms with Crippen LogP contribution in [0.5, 0.6) is 5.75 Å². The summed E-state index contributed by atoms with van der Waals surface area (Å²) in [5.74, 6) is 0.369. The lowest BCUT2D eigenvalue weighted by molar-refractivity contribution is -0.134. The number of nitrogens with zero attached hydrogens (tertiary/aromatic N) is 1. The zero-order chi connectivity index (χ0) is 18.2.